The lowest BCUT2D eigenvalue weighted by molar-refractivity contribution is 0.0302. The fourth-order valence-corrected chi connectivity index (χ4v) is 4.69. The standard InChI is InChI=1S/C22H28N2O3S/c1-4-7-19-16(5-2)14-20(28-19)21(25)23-18-9-6-8-17(15(18)3)22(26)24-10-12-27-13-11-24/h6,8-9,14H,4-5,7,10-13H2,1-3H3,(H,23,25). The third kappa shape index (κ3) is 4.45. The van der Waals surface area contributed by atoms with E-state index in [2.05, 4.69) is 19.2 Å². The average Bonchev–Trinajstić information content (AvgIpc) is 3.13. The van der Waals surface area contributed by atoms with Gasteiger partial charge >= 0.3 is 0 Å². The molecule has 1 saturated heterocycles. The summed E-state index contributed by atoms with van der Waals surface area (Å²) >= 11 is 1.57. The number of aryl methyl sites for hydroxylation is 2. The Balaban J connectivity index is 1.79. The van der Waals surface area contributed by atoms with Crippen LogP contribution in [-0.2, 0) is 17.6 Å². The van der Waals surface area contributed by atoms with Crippen molar-refractivity contribution >= 4 is 28.8 Å². The molecule has 28 heavy (non-hydrogen) atoms. The maximum atomic E-state index is 12.8. The zero-order valence-electron chi connectivity index (χ0n) is 16.8. The Labute approximate surface area is 170 Å². The van der Waals surface area contributed by atoms with Crippen LogP contribution in [0.15, 0.2) is 24.3 Å². The molecule has 6 heteroatoms. The second-order valence-electron chi connectivity index (χ2n) is 7.00. The van der Waals surface area contributed by atoms with E-state index in [1.54, 1.807) is 16.2 Å². The smallest absolute Gasteiger partial charge is 0.265 e. The van der Waals surface area contributed by atoms with Crippen molar-refractivity contribution in [1.29, 1.82) is 0 Å². The fraction of sp³-hybridized carbons (Fsp3) is 0.455. The number of morpholine rings is 1. The van der Waals surface area contributed by atoms with Crippen LogP contribution in [0.3, 0.4) is 0 Å². The molecular formula is C22H28N2O3S. The molecule has 0 unspecified atom stereocenters. The molecule has 0 aliphatic carbocycles. The quantitative estimate of drug-likeness (QED) is 0.787. The predicted molar refractivity (Wildman–Crippen MR) is 114 cm³/mol. The molecular weight excluding hydrogens is 372 g/mol. The highest BCUT2D eigenvalue weighted by molar-refractivity contribution is 7.14. The van der Waals surface area contributed by atoms with Gasteiger partial charge in [0.25, 0.3) is 11.8 Å². The first kappa shape index (κ1) is 20.6. The van der Waals surface area contributed by atoms with Crippen molar-refractivity contribution < 1.29 is 14.3 Å². The van der Waals surface area contributed by atoms with E-state index in [4.69, 9.17) is 4.74 Å². The van der Waals surface area contributed by atoms with Gasteiger partial charge in [0.1, 0.15) is 0 Å². The Morgan fingerprint density at radius 3 is 2.64 bits per heavy atom. The summed E-state index contributed by atoms with van der Waals surface area (Å²) in [6, 6.07) is 7.50. The topological polar surface area (TPSA) is 58.6 Å². The number of amides is 2. The molecule has 1 aromatic heterocycles. The normalized spacial score (nSPS) is 14.2. The lowest BCUT2D eigenvalue weighted by atomic mass is 10.0. The molecule has 1 aromatic carbocycles. The Bertz CT molecular complexity index is 853. The van der Waals surface area contributed by atoms with Crippen LogP contribution in [0.1, 0.15) is 56.3 Å². The molecule has 0 radical (unpaired) electrons. The van der Waals surface area contributed by atoms with Gasteiger partial charge in [-0.05, 0) is 49.1 Å². The summed E-state index contributed by atoms with van der Waals surface area (Å²) in [6.07, 6.45) is 3.00. The maximum absolute atomic E-state index is 12.8. The van der Waals surface area contributed by atoms with Gasteiger partial charge in [-0.3, -0.25) is 9.59 Å². The first-order chi connectivity index (χ1) is 13.5. The minimum absolute atomic E-state index is 0.00785. The molecule has 2 aromatic rings. The third-order valence-corrected chi connectivity index (χ3v) is 6.32. The van der Waals surface area contributed by atoms with Crippen LogP contribution in [0.5, 0.6) is 0 Å². The largest absolute Gasteiger partial charge is 0.378 e. The number of carbonyl (C=O) groups is 2. The van der Waals surface area contributed by atoms with Crippen LogP contribution in [0.4, 0.5) is 5.69 Å². The molecule has 0 atom stereocenters. The van der Waals surface area contributed by atoms with Crippen molar-refractivity contribution in [3.63, 3.8) is 0 Å². The van der Waals surface area contributed by atoms with Crippen molar-refractivity contribution in [2.24, 2.45) is 0 Å². The highest BCUT2D eigenvalue weighted by Crippen LogP contribution is 2.27. The van der Waals surface area contributed by atoms with Gasteiger partial charge in [0, 0.05) is 29.2 Å². The number of nitrogens with one attached hydrogen (secondary N) is 1. The molecule has 0 saturated carbocycles. The highest BCUT2D eigenvalue weighted by Gasteiger charge is 2.22. The van der Waals surface area contributed by atoms with Crippen molar-refractivity contribution in [3.05, 3.63) is 50.7 Å². The van der Waals surface area contributed by atoms with Gasteiger partial charge in [-0.2, -0.15) is 0 Å². The molecule has 1 aliphatic rings. The van der Waals surface area contributed by atoms with Gasteiger partial charge in [0.05, 0.1) is 18.1 Å². The van der Waals surface area contributed by atoms with Crippen molar-refractivity contribution in [1.82, 2.24) is 4.90 Å². The maximum Gasteiger partial charge on any atom is 0.265 e. The summed E-state index contributed by atoms with van der Waals surface area (Å²) in [7, 11) is 0. The molecule has 150 valence electrons. The van der Waals surface area contributed by atoms with Crippen LogP contribution < -0.4 is 5.32 Å². The molecule has 5 nitrogen and oxygen atoms in total. The summed E-state index contributed by atoms with van der Waals surface area (Å²) in [5.74, 6) is -0.118. The number of ether oxygens (including phenoxy) is 1. The number of hydrogen-bond donors (Lipinski definition) is 1. The van der Waals surface area contributed by atoms with Crippen LogP contribution in [-0.4, -0.2) is 43.0 Å². The number of nitrogens with zero attached hydrogens (tertiary/aromatic N) is 1. The molecule has 2 heterocycles. The lowest BCUT2D eigenvalue weighted by Gasteiger charge is -2.27. The SMILES string of the molecule is CCCc1sc(C(=O)Nc2cccc(C(=O)N3CCOCC3)c2C)cc1CC. The summed E-state index contributed by atoms with van der Waals surface area (Å²) < 4.78 is 5.33. The highest BCUT2D eigenvalue weighted by atomic mass is 32.1. The first-order valence-corrected chi connectivity index (χ1v) is 10.8. The molecule has 0 spiro atoms. The van der Waals surface area contributed by atoms with E-state index in [-0.39, 0.29) is 11.8 Å². The Kier molecular flexibility index (Phi) is 6.86. The number of benzene rings is 1. The van der Waals surface area contributed by atoms with Crippen LogP contribution in [0, 0.1) is 6.92 Å². The van der Waals surface area contributed by atoms with Crippen molar-refractivity contribution in [2.75, 3.05) is 31.6 Å². The summed E-state index contributed by atoms with van der Waals surface area (Å²) in [5, 5.41) is 3.01. The van der Waals surface area contributed by atoms with E-state index in [0.29, 0.717) is 37.6 Å². The van der Waals surface area contributed by atoms with Gasteiger partial charge in [-0.15, -0.1) is 11.3 Å². The van der Waals surface area contributed by atoms with Gasteiger partial charge in [0.2, 0.25) is 0 Å². The first-order valence-electron chi connectivity index (χ1n) is 9.94. The zero-order chi connectivity index (χ0) is 20.1. The predicted octanol–water partition coefficient (Wildman–Crippen LogP) is 4.30. The monoisotopic (exact) mass is 400 g/mol. The summed E-state index contributed by atoms with van der Waals surface area (Å²) in [5.41, 5.74) is 3.37. The number of thiophene rings is 1. The van der Waals surface area contributed by atoms with Gasteiger partial charge < -0.3 is 15.0 Å². The molecule has 0 bridgehead atoms. The summed E-state index contributed by atoms with van der Waals surface area (Å²) in [6.45, 7) is 8.50. The van der Waals surface area contributed by atoms with Crippen molar-refractivity contribution in [2.45, 2.75) is 40.0 Å². The number of hydrogen-bond acceptors (Lipinski definition) is 4. The molecule has 3 rings (SSSR count). The van der Waals surface area contributed by atoms with E-state index in [9.17, 15) is 9.59 Å². The number of rotatable bonds is 6. The lowest BCUT2D eigenvalue weighted by Crippen LogP contribution is -2.41. The number of carbonyl (C=O) groups excluding carboxylic acids is 2. The van der Waals surface area contributed by atoms with Gasteiger partial charge in [-0.1, -0.05) is 26.3 Å². The van der Waals surface area contributed by atoms with E-state index in [0.717, 1.165) is 29.7 Å². The molecule has 2 amide bonds. The van der Waals surface area contributed by atoms with Crippen LogP contribution in [0.2, 0.25) is 0 Å². The minimum Gasteiger partial charge on any atom is -0.378 e. The minimum atomic E-state index is -0.110. The second-order valence-corrected chi connectivity index (χ2v) is 8.14. The molecule has 1 fully saturated rings. The average molecular weight is 401 g/mol. The summed E-state index contributed by atoms with van der Waals surface area (Å²) in [4.78, 5) is 29.5. The van der Waals surface area contributed by atoms with Crippen LogP contribution >= 0.6 is 11.3 Å². The van der Waals surface area contributed by atoms with Crippen LogP contribution in [0.25, 0.3) is 0 Å². The molecule has 1 aliphatic heterocycles. The third-order valence-electron chi connectivity index (χ3n) is 5.09. The second kappa shape index (κ2) is 9.34. The van der Waals surface area contributed by atoms with Gasteiger partial charge in [0.15, 0.2) is 0 Å². The Morgan fingerprint density at radius 2 is 1.96 bits per heavy atom. The van der Waals surface area contributed by atoms with E-state index in [1.807, 2.05) is 31.2 Å². The van der Waals surface area contributed by atoms with Crippen molar-refractivity contribution in [3.8, 4) is 0 Å². The molecule has 1 N–H and O–H groups in total. The van der Waals surface area contributed by atoms with Gasteiger partial charge in [-0.25, -0.2) is 0 Å². The zero-order valence-corrected chi connectivity index (χ0v) is 17.7. The van der Waals surface area contributed by atoms with E-state index < -0.39 is 0 Å². The Hall–Kier alpha value is -2.18. The van der Waals surface area contributed by atoms with E-state index >= 15 is 0 Å². The Morgan fingerprint density at radius 1 is 1.21 bits per heavy atom. The fourth-order valence-electron chi connectivity index (χ4n) is 3.44. The number of anilines is 1. The van der Waals surface area contributed by atoms with E-state index in [1.165, 1.54) is 10.4 Å².